The van der Waals surface area contributed by atoms with Crippen molar-refractivity contribution in [3.8, 4) is 17.2 Å². The summed E-state index contributed by atoms with van der Waals surface area (Å²) in [4.78, 5) is 28.6. The van der Waals surface area contributed by atoms with Crippen LogP contribution in [0.3, 0.4) is 0 Å². The van der Waals surface area contributed by atoms with Gasteiger partial charge in [-0.1, -0.05) is 60.7 Å². The molecule has 1 heterocycles. The molecular formula is C30H30N2O5. The third-order valence-corrected chi connectivity index (χ3v) is 6.00. The molecule has 0 saturated heterocycles. The van der Waals surface area contributed by atoms with Crippen LogP contribution in [0.5, 0.6) is 5.75 Å². The summed E-state index contributed by atoms with van der Waals surface area (Å²) in [5.41, 5.74) is 3.61. The van der Waals surface area contributed by atoms with Crippen LogP contribution in [0.4, 0.5) is 0 Å². The van der Waals surface area contributed by atoms with Crippen LogP contribution < -0.4 is 10.1 Å². The highest BCUT2D eigenvalue weighted by Crippen LogP contribution is 2.22. The van der Waals surface area contributed by atoms with E-state index in [1.165, 1.54) is 0 Å². The van der Waals surface area contributed by atoms with Crippen LogP contribution in [0.1, 0.15) is 29.0 Å². The number of carboxylic acids is 1. The van der Waals surface area contributed by atoms with Gasteiger partial charge in [0.2, 0.25) is 11.8 Å². The molecule has 0 spiro atoms. The van der Waals surface area contributed by atoms with Crippen LogP contribution in [0, 0.1) is 6.92 Å². The van der Waals surface area contributed by atoms with Gasteiger partial charge >= 0.3 is 5.97 Å². The van der Waals surface area contributed by atoms with Gasteiger partial charge in [-0.3, -0.25) is 4.79 Å². The average Bonchev–Trinajstić information content (AvgIpc) is 3.29. The maximum absolute atomic E-state index is 12.3. The highest BCUT2D eigenvalue weighted by atomic mass is 16.5. The second kappa shape index (κ2) is 12.5. The number of carbonyl (C=O) groups excluding carboxylic acids is 1. The fraction of sp³-hybridized carbons (Fsp3) is 0.233. The zero-order valence-corrected chi connectivity index (χ0v) is 20.7. The van der Waals surface area contributed by atoms with Gasteiger partial charge in [0.15, 0.2) is 0 Å². The van der Waals surface area contributed by atoms with Gasteiger partial charge in [-0.25, -0.2) is 9.78 Å². The summed E-state index contributed by atoms with van der Waals surface area (Å²) in [5, 5.41) is 12.2. The Morgan fingerprint density at radius 2 is 1.59 bits per heavy atom. The molecule has 37 heavy (non-hydrogen) atoms. The fourth-order valence-corrected chi connectivity index (χ4v) is 3.96. The minimum atomic E-state index is -1.06. The van der Waals surface area contributed by atoms with Crippen LogP contribution >= 0.6 is 0 Å². The van der Waals surface area contributed by atoms with Gasteiger partial charge in [0.1, 0.15) is 17.6 Å². The molecular weight excluding hydrogens is 468 g/mol. The highest BCUT2D eigenvalue weighted by Gasteiger charge is 2.20. The molecule has 0 aliphatic heterocycles. The first-order chi connectivity index (χ1) is 18.0. The topological polar surface area (TPSA) is 102 Å². The Bertz CT molecular complexity index is 1300. The predicted octanol–water partition coefficient (Wildman–Crippen LogP) is 5.02. The molecule has 0 bridgehead atoms. The van der Waals surface area contributed by atoms with E-state index in [4.69, 9.17) is 9.15 Å². The summed E-state index contributed by atoms with van der Waals surface area (Å²) >= 11 is 0. The normalized spacial score (nSPS) is 11.6. The number of rotatable bonds is 12. The molecule has 4 aromatic rings. The van der Waals surface area contributed by atoms with Crippen molar-refractivity contribution in [1.29, 1.82) is 0 Å². The van der Waals surface area contributed by atoms with Crippen LogP contribution in [-0.2, 0) is 28.9 Å². The van der Waals surface area contributed by atoms with Gasteiger partial charge in [0.25, 0.3) is 0 Å². The molecule has 7 nitrogen and oxygen atoms in total. The molecule has 0 fully saturated rings. The third kappa shape index (κ3) is 7.54. The van der Waals surface area contributed by atoms with E-state index in [0.29, 0.717) is 31.1 Å². The van der Waals surface area contributed by atoms with Crippen molar-refractivity contribution in [3.05, 3.63) is 108 Å². The number of aryl methyl sites for hydroxylation is 2. The number of nitrogens with one attached hydrogen (secondary N) is 1. The molecule has 190 valence electrons. The highest BCUT2D eigenvalue weighted by molar-refractivity contribution is 5.83. The number of ether oxygens (including phenoxy) is 1. The number of amides is 1. The summed E-state index contributed by atoms with van der Waals surface area (Å²) < 4.78 is 11.7. The summed E-state index contributed by atoms with van der Waals surface area (Å²) in [6.07, 6.45) is 1.58. The van der Waals surface area contributed by atoms with Crippen LogP contribution in [0.2, 0.25) is 0 Å². The maximum Gasteiger partial charge on any atom is 0.326 e. The van der Waals surface area contributed by atoms with Crippen LogP contribution in [0.15, 0.2) is 89.3 Å². The van der Waals surface area contributed by atoms with Gasteiger partial charge < -0.3 is 19.6 Å². The van der Waals surface area contributed by atoms with E-state index in [1.807, 2.05) is 79.7 Å². The van der Waals surface area contributed by atoms with Gasteiger partial charge in [-0.05, 0) is 48.7 Å². The van der Waals surface area contributed by atoms with Crippen molar-refractivity contribution in [1.82, 2.24) is 10.3 Å². The molecule has 1 aromatic heterocycles. The van der Waals surface area contributed by atoms with Crippen molar-refractivity contribution >= 4 is 11.9 Å². The Morgan fingerprint density at radius 1 is 0.919 bits per heavy atom. The Hall–Kier alpha value is -4.39. The molecule has 0 radical (unpaired) electrons. The van der Waals surface area contributed by atoms with Crippen LogP contribution in [0.25, 0.3) is 11.5 Å². The average molecular weight is 499 g/mol. The monoisotopic (exact) mass is 498 g/mol. The third-order valence-electron chi connectivity index (χ3n) is 6.00. The minimum absolute atomic E-state index is 0.188. The Balaban J connectivity index is 1.25. The van der Waals surface area contributed by atoms with Crippen molar-refractivity contribution < 1.29 is 23.8 Å². The largest absolute Gasteiger partial charge is 0.493 e. The lowest BCUT2D eigenvalue weighted by Crippen LogP contribution is -2.42. The Morgan fingerprint density at radius 3 is 2.27 bits per heavy atom. The van der Waals surface area contributed by atoms with E-state index in [9.17, 15) is 14.7 Å². The van der Waals surface area contributed by atoms with Crippen molar-refractivity contribution in [3.63, 3.8) is 0 Å². The summed E-state index contributed by atoms with van der Waals surface area (Å²) in [5.74, 6) is 0.689. The minimum Gasteiger partial charge on any atom is -0.493 e. The van der Waals surface area contributed by atoms with Crippen LogP contribution in [-0.4, -0.2) is 34.6 Å². The molecule has 0 aliphatic rings. The number of benzene rings is 3. The fourth-order valence-electron chi connectivity index (χ4n) is 3.96. The second-order valence-corrected chi connectivity index (χ2v) is 8.78. The Labute approximate surface area is 216 Å². The number of nitrogens with zero attached hydrogens (tertiary/aromatic N) is 1. The predicted molar refractivity (Wildman–Crippen MR) is 140 cm³/mol. The first-order valence-corrected chi connectivity index (χ1v) is 12.3. The molecule has 1 amide bonds. The molecule has 0 saturated carbocycles. The lowest BCUT2D eigenvalue weighted by Gasteiger charge is -2.15. The second-order valence-electron chi connectivity index (χ2n) is 8.78. The molecule has 0 aliphatic carbocycles. The number of aromatic nitrogens is 1. The first kappa shape index (κ1) is 25.7. The summed E-state index contributed by atoms with van der Waals surface area (Å²) in [7, 11) is 0. The van der Waals surface area contributed by atoms with E-state index < -0.39 is 12.0 Å². The maximum atomic E-state index is 12.3. The van der Waals surface area contributed by atoms with E-state index in [2.05, 4.69) is 10.3 Å². The molecule has 3 aromatic carbocycles. The summed E-state index contributed by atoms with van der Waals surface area (Å²) in [6.45, 7) is 2.32. The summed E-state index contributed by atoms with van der Waals surface area (Å²) in [6, 6.07) is 25.6. The van der Waals surface area contributed by atoms with Gasteiger partial charge in [0, 0.05) is 24.8 Å². The molecule has 2 N–H and O–H groups in total. The molecule has 7 heteroatoms. The zero-order chi connectivity index (χ0) is 26.0. The lowest BCUT2D eigenvalue weighted by molar-refractivity contribution is -0.141. The smallest absolute Gasteiger partial charge is 0.326 e. The van der Waals surface area contributed by atoms with Gasteiger partial charge in [0.05, 0.1) is 12.3 Å². The standard InChI is InChI=1S/C30H30N2O5/c1-21-26(32-29(37-21)24-10-6-3-7-11-24)18-19-36-25-15-12-23(13-16-25)20-27(30(34)35)31-28(33)17-14-22-8-4-2-5-9-22/h2-13,15-16,27H,14,17-20H2,1H3,(H,31,33)(H,34,35)/t27-/m0/s1. The van der Waals surface area contributed by atoms with E-state index in [-0.39, 0.29) is 18.7 Å². The number of carbonyl (C=O) groups is 2. The molecule has 1 atom stereocenters. The van der Waals surface area contributed by atoms with Gasteiger partial charge in [-0.2, -0.15) is 0 Å². The molecule has 0 unspecified atom stereocenters. The van der Waals surface area contributed by atoms with E-state index in [1.54, 1.807) is 12.1 Å². The SMILES string of the molecule is Cc1oc(-c2ccccc2)nc1CCOc1ccc(C[C@H](NC(=O)CCc2ccccc2)C(=O)O)cc1. The zero-order valence-electron chi connectivity index (χ0n) is 20.7. The van der Waals surface area contributed by atoms with E-state index in [0.717, 1.165) is 28.1 Å². The molecule has 4 rings (SSSR count). The number of aliphatic carboxylic acids is 1. The number of oxazole rings is 1. The quantitative estimate of drug-likeness (QED) is 0.285. The van der Waals surface area contributed by atoms with E-state index >= 15 is 0 Å². The van der Waals surface area contributed by atoms with Gasteiger partial charge in [-0.15, -0.1) is 0 Å². The lowest BCUT2D eigenvalue weighted by atomic mass is 10.0. The van der Waals surface area contributed by atoms with Crippen molar-refractivity contribution in [2.24, 2.45) is 0 Å². The van der Waals surface area contributed by atoms with Crippen molar-refractivity contribution in [2.75, 3.05) is 6.61 Å². The Kier molecular flexibility index (Phi) is 8.70. The number of hydrogen-bond acceptors (Lipinski definition) is 5. The first-order valence-electron chi connectivity index (χ1n) is 12.3. The number of hydrogen-bond donors (Lipinski definition) is 2. The van der Waals surface area contributed by atoms with Crippen molar-refractivity contribution in [2.45, 2.75) is 38.6 Å². The number of carboxylic acid groups (broad SMARTS) is 1.